The number of H-pyrrole nitrogens is 1. The van der Waals surface area contributed by atoms with Gasteiger partial charge in [-0.3, -0.25) is 9.67 Å². The first-order valence-electron chi connectivity index (χ1n) is 3.86. The highest BCUT2D eigenvalue weighted by Gasteiger charge is 2.08. The molecule has 68 valence electrons. The van der Waals surface area contributed by atoms with Gasteiger partial charge in [0.1, 0.15) is 12.0 Å². The van der Waals surface area contributed by atoms with Crippen molar-refractivity contribution in [1.82, 2.24) is 19.7 Å². The molecule has 0 aromatic carbocycles. The van der Waals surface area contributed by atoms with Crippen molar-refractivity contribution in [2.75, 3.05) is 0 Å². The van der Waals surface area contributed by atoms with Gasteiger partial charge in [-0.05, 0) is 19.1 Å². The Labute approximate surface area is 79.4 Å². The van der Waals surface area contributed by atoms with Crippen molar-refractivity contribution in [2.45, 2.75) is 13.5 Å². The minimum Gasteiger partial charge on any atom is -0.451 e. The highest BCUT2D eigenvalue weighted by Crippen LogP contribution is 2.13. The molecule has 5 nitrogen and oxygen atoms in total. The van der Waals surface area contributed by atoms with Crippen molar-refractivity contribution in [2.24, 2.45) is 0 Å². The molecule has 2 aromatic heterocycles. The van der Waals surface area contributed by atoms with E-state index >= 15 is 0 Å². The van der Waals surface area contributed by atoms with Gasteiger partial charge in [0.2, 0.25) is 0 Å². The molecule has 0 bridgehead atoms. The van der Waals surface area contributed by atoms with Gasteiger partial charge in [-0.25, -0.2) is 4.98 Å². The van der Waals surface area contributed by atoms with Crippen molar-refractivity contribution >= 4 is 12.2 Å². The molecule has 13 heavy (non-hydrogen) atoms. The van der Waals surface area contributed by atoms with Crippen LogP contribution in [-0.4, -0.2) is 19.7 Å². The zero-order chi connectivity index (χ0) is 9.26. The fourth-order valence-electron chi connectivity index (χ4n) is 1.13. The van der Waals surface area contributed by atoms with E-state index in [2.05, 4.69) is 15.2 Å². The molecule has 0 amide bonds. The van der Waals surface area contributed by atoms with Crippen LogP contribution >= 0.6 is 12.2 Å². The Morgan fingerprint density at radius 2 is 2.54 bits per heavy atom. The van der Waals surface area contributed by atoms with Crippen molar-refractivity contribution in [3.63, 3.8) is 0 Å². The zero-order valence-corrected chi connectivity index (χ0v) is 7.84. The van der Waals surface area contributed by atoms with Crippen LogP contribution in [0.5, 0.6) is 0 Å². The monoisotopic (exact) mass is 196 g/mol. The molecule has 6 heteroatoms. The summed E-state index contributed by atoms with van der Waals surface area (Å²) in [6.45, 7) is 2.76. The number of nitrogens with one attached hydrogen (secondary N) is 1. The van der Waals surface area contributed by atoms with E-state index < -0.39 is 0 Å². The van der Waals surface area contributed by atoms with Crippen LogP contribution in [-0.2, 0) is 6.54 Å². The van der Waals surface area contributed by atoms with E-state index in [9.17, 15) is 0 Å². The summed E-state index contributed by atoms with van der Waals surface area (Å²) in [4.78, 5) is 3.99. The summed E-state index contributed by atoms with van der Waals surface area (Å²) in [6, 6.07) is 0. The quantitative estimate of drug-likeness (QED) is 0.741. The molecule has 0 unspecified atom stereocenters. The highest BCUT2D eigenvalue weighted by molar-refractivity contribution is 7.71. The molecular formula is C7H8N4OS. The van der Waals surface area contributed by atoms with Gasteiger partial charge >= 0.3 is 0 Å². The first-order valence-corrected chi connectivity index (χ1v) is 4.27. The predicted molar refractivity (Wildman–Crippen MR) is 48.6 cm³/mol. The third-order valence-electron chi connectivity index (χ3n) is 1.74. The number of nitrogens with zero attached hydrogens (tertiary/aromatic N) is 3. The average molecular weight is 196 g/mol. The maximum Gasteiger partial charge on any atom is 0.195 e. The Balaban J connectivity index is 2.58. The lowest BCUT2D eigenvalue weighted by Crippen LogP contribution is -1.97. The van der Waals surface area contributed by atoms with Crippen molar-refractivity contribution in [1.29, 1.82) is 0 Å². The van der Waals surface area contributed by atoms with Crippen LogP contribution in [0.15, 0.2) is 17.1 Å². The lowest BCUT2D eigenvalue weighted by atomic mass is 10.4. The number of oxazole rings is 1. The van der Waals surface area contributed by atoms with Crippen LogP contribution in [0, 0.1) is 4.77 Å². The lowest BCUT2D eigenvalue weighted by Gasteiger charge is -1.97. The van der Waals surface area contributed by atoms with Gasteiger partial charge in [0.05, 0.1) is 0 Å². The number of aromatic nitrogens is 4. The number of hydrogen-bond donors (Lipinski definition) is 1. The molecule has 0 atom stereocenters. The van der Waals surface area contributed by atoms with Crippen molar-refractivity contribution in [3.05, 3.63) is 17.4 Å². The maximum absolute atomic E-state index is 5.03. The number of rotatable bonds is 2. The van der Waals surface area contributed by atoms with Crippen LogP contribution in [0.25, 0.3) is 11.5 Å². The summed E-state index contributed by atoms with van der Waals surface area (Å²) in [5.41, 5.74) is 0.689. The average Bonchev–Trinajstić information content (AvgIpc) is 2.71. The normalized spacial score (nSPS) is 10.5. The summed E-state index contributed by atoms with van der Waals surface area (Å²) in [6.07, 6.45) is 2.91. The van der Waals surface area contributed by atoms with E-state index in [4.69, 9.17) is 16.6 Å². The Hall–Kier alpha value is -1.43. The van der Waals surface area contributed by atoms with Crippen LogP contribution in [0.2, 0.25) is 0 Å². The predicted octanol–water partition coefficient (Wildman–Crippen LogP) is 1.62. The van der Waals surface area contributed by atoms with Crippen LogP contribution < -0.4 is 0 Å². The van der Waals surface area contributed by atoms with Gasteiger partial charge in [0.25, 0.3) is 0 Å². The van der Waals surface area contributed by atoms with E-state index in [1.54, 1.807) is 0 Å². The fraction of sp³-hybridized carbons (Fsp3) is 0.286. The zero-order valence-electron chi connectivity index (χ0n) is 7.02. The van der Waals surface area contributed by atoms with Crippen LogP contribution in [0.1, 0.15) is 6.92 Å². The van der Waals surface area contributed by atoms with E-state index in [-0.39, 0.29) is 0 Å². The van der Waals surface area contributed by atoms with E-state index in [0.29, 0.717) is 16.3 Å². The standard InChI is InChI=1S/C7H8N4OS/c1-2-11-6(9-10-7(11)13)5-3-12-4-8-5/h3-4H,2H2,1H3,(H,10,13). The summed E-state index contributed by atoms with van der Waals surface area (Å²) < 4.78 is 7.32. The van der Waals surface area contributed by atoms with Gasteiger partial charge in [-0.15, -0.1) is 0 Å². The summed E-state index contributed by atoms with van der Waals surface area (Å²) >= 11 is 5.03. The molecule has 0 fully saturated rings. The molecule has 2 aromatic rings. The van der Waals surface area contributed by atoms with Gasteiger partial charge in [0.15, 0.2) is 17.0 Å². The molecule has 2 rings (SSSR count). The Bertz CT molecular complexity index is 441. The number of aromatic amines is 1. The minimum absolute atomic E-state index is 0.598. The molecular weight excluding hydrogens is 188 g/mol. The van der Waals surface area contributed by atoms with Crippen molar-refractivity contribution in [3.8, 4) is 11.5 Å². The summed E-state index contributed by atoms with van der Waals surface area (Å²) in [7, 11) is 0. The molecule has 0 radical (unpaired) electrons. The fourth-order valence-corrected chi connectivity index (χ4v) is 1.39. The Kier molecular flexibility index (Phi) is 1.97. The third kappa shape index (κ3) is 1.29. The molecule has 2 heterocycles. The molecule has 0 saturated carbocycles. The molecule has 0 aliphatic rings. The SMILES string of the molecule is CCn1c(-c2cocn2)n[nH]c1=S. The van der Waals surface area contributed by atoms with Gasteiger partial charge < -0.3 is 4.42 Å². The minimum atomic E-state index is 0.598. The Morgan fingerprint density at radius 1 is 1.69 bits per heavy atom. The summed E-state index contributed by atoms with van der Waals surface area (Å²) in [5.74, 6) is 0.709. The molecule has 1 N–H and O–H groups in total. The molecule has 0 saturated heterocycles. The van der Waals surface area contributed by atoms with Crippen molar-refractivity contribution < 1.29 is 4.42 Å². The largest absolute Gasteiger partial charge is 0.451 e. The van der Waals surface area contributed by atoms with E-state index in [1.165, 1.54) is 12.7 Å². The third-order valence-corrected chi connectivity index (χ3v) is 2.05. The number of hydrogen-bond acceptors (Lipinski definition) is 4. The summed E-state index contributed by atoms with van der Waals surface area (Å²) in [5, 5.41) is 6.76. The lowest BCUT2D eigenvalue weighted by molar-refractivity contribution is 0.558. The van der Waals surface area contributed by atoms with Gasteiger partial charge in [0, 0.05) is 6.54 Å². The molecule has 0 aliphatic carbocycles. The van der Waals surface area contributed by atoms with Crippen LogP contribution in [0.4, 0.5) is 0 Å². The first kappa shape index (κ1) is 8.18. The maximum atomic E-state index is 5.03. The Morgan fingerprint density at radius 3 is 3.15 bits per heavy atom. The van der Waals surface area contributed by atoms with E-state index in [0.717, 1.165) is 6.54 Å². The second-order valence-corrected chi connectivity index (χ2v) is 2.86. The highest BCUT2D eigenvalue weighted by atomic mass is 32.1. The second kappa shape index (κ2) is 3.14. The molecule has 0 spiro atoms. The van der Waals surface area contributed by atoms with E-state index in [1.807, 2.05) is 11.5 Å². The van der Waals surface area contributed by atoms with Crippen LogP contribution in [0.3, 0.4) is 0 Å². The topological polar surface area (TPSA) is 59.6 Å². The first-order chi connectivity index (χ1) is 6.33. The molecule has 0 aliphatic heterocycles. The smallest absolute Gasteiger partial charge is 0.195 e. The van der Waals surface area contributed by atoms with Gasteiger partial charge in [-0.1, -0.05) is 0 Å². The van der Waals surface area contributed by atoms with Gasteiger partial charge in [-0.2, -0.15) is 5.10 Å². The second-order valence-electron chi connectivity index (χ2n) is 2.47.